The Balaban J connectivity index is 1.28. The van der Waals surface area contributed by atoms with E-state index in [-0.39, 0.29) is 23.8 Å². The van der Waals surface area contributed by atoms with Crippen molar-refractivity contribution in [3.05, 3.63) is 45.9 Å². The van der Waals surface area contributed by atoms with Crippen molar-refractivity contribution in [3.63, 3.8) is 0 Å². The summed E-state index contributed by atoms with van der Waals surface area (Å²) in [6, 6.07) is 5.51. The summed E-state index contributed by atoms with van der Waals surface area (Å²) in [6.45, 7) is 2.54. The average molecular weight is 581 g/mol. The molecule has 4 aliphatic rings. The fourth-order valence-electron chi connectivity index (χ4n) is 7.00. The molecule has 3 amide bonds. The van der Waals surface area contributed by atoms with Crippen LogP contribution in [0.1, 0.15) is 71.8 Å². The third kappa shape index (κ3) is 5.56. The lowest BCUT2D eigenvalue weighted by molar-refractivity contribution is -0.154. The number of carboxylic acids is 1. The minimum atomic E-state index is -0.908. The van der Waals surface area contributed by atoms with Crippen LogP contribution in [0.5, 0.6) is 5.75 Å². The Morgan fingerprint density at radius 3 is 2.59 bits per heavy atom. The van der Waals surface area contributed by atoms with Crippen LogP contribution in [0.25, 0.3) is 0 Å². The van der Waals surface area contributed by atoms with Gasteiger partial charge in [-0.25, -0.2) is 0 Å². The molecule has 0 radical (unpaired) electrons. The number of hydrogen-bond acceptors (Lipinski definition) is 7. The number of carbonyl (C=O) groups excluding carboxylic acids is 3. The van der Waals surface area contributed by atoms with Gasteiger partial charge in [-0.3, -0.25) is 24.2 Å². The van der Waals surface area contributed by atoms with Gasteiger partial charge in [0.1, 0.15) is 16.7 Å². The van der Waals surface area contributed by atoms with E-state index >= 15 is 0 Å². The maximum Gasteiger partial charge on any atom is 0.307 e. The van der Waals surface area contributed by atoms with Crippen LogP contribution in [0.15, 0.2) is 29.9 Å². The molecule has 6 rings (SSSR count). The monoisotopic (exact) mass is 580 g/mol. The second kappa shape index (κ2) is 11.8. The molecule has 0 spiro atoms. The van der Waals surface area contributed by atoms with Crippen molar-refractivity contribution in [1.82, 2.24) is 19.7 Å². The lowest BCUT2D eigenvalue weighted by Crippen LogP contribution is -2.50. The lowest BCUT2D eigenvalue weighted by Gasteiger charge is -2.43. The SMILES string of the molecule is O=C(O)[C@H]1CCCC[C@H]1C(=O)N1CCc2cccc(O[C@H]3CCN(C(=O)c4cncs4)C3)c2[C@H]1CN1CCCC1=O. The van der Waals surface area contributed by atoms with E-state index in [9.17, 15) is 24.3 Å². The van der Waals surface area contributed by atoms with E-state index in [0.29, 0.717) is 75.5 Å². The van der Waals surface area contributed by atoms with Gasteiger partial charge in [0.05, 0.1) is 36.1 Å². The molecule has 11 heteroatoms. The number of ether oxygens (including phenoxy) is 1. The number of aromatic nitrogens is 1. The van der Waals surface area contributed by atoms with Crippen LogP contribution in [0.3, 0.4) is 0 Å². The third-order valence-electron chi connectivity index (χ3n) is 9.11. The van der Waals surface area contributed by atoms with Gasteiger partial charge in [-0.05, 0) is 37.3 Å². The summed E-state index contributed by atoms with van der Waals surface area (Å²) in [5.74, 6) is -1.57. The molecular formula is C30H36N4O6S. The van der Waals surface area contributed by atoms with Crippen LogP contribution in [0.4, 0.5) is 0 Å². The first-order chi connectivity index (χ1) is 19.9. The smallest absolute Gasteiger partial charge is 0.307 e. The van der Waals surface area contributed by atoms with Gasteiger partial charge in [0.2, 0.25) is 11.8 Å². The van der Waals surface area contributed by atoms with E-state index in [2.05, 4.69) is 11.1 Å². The van der Waals surface area contributed by atoms with Crippen LogP contribution in [0, 0.1) is 11.8 Å². The number of benzene rings is 1. The molecule has 1 N–H and O–H groups in total. The molecule has 218 valence electrons. The molecule has 3 aliphatic heterocycles. The fraction of sp³-hybridized carbons (Fsp3) is 0.567. The first-order valence-corrected chi connectivity index (χ1v) is 15.6. The lowest BCUT2D eigenvalue weighted by atomic mass is 9.77. The van der Waals surface area contributed by atoms with Gasteiger partial charge >= 0.3 is 5.97 Å². The largest absolute Gasteiger partial charge is 0.488 e. The maximum atomic E-state index is 14.1. The van der Waals surface area contributed by atoms with Crippen LogP contribution in [0.2, 0.25) is 0 Å². The molecule has 41 heavy (non-hydrogen) atoms. The Morgan fingerprint density at radius 1 is 1.02 bits per heavy atom. The number of likely N-dealkylation sites (tertiary alicyclic amines) is 2. The predicted molar refractivity (Wildman–Crippen MR) is 151 cm³/mol. The molecule has 0 unspecified atom stereocenters. The van der Waals surface area contributed by atoms with Crippen LogP contribution < -0.4 is 4.74 Å². The number of amides is 3. The minimum Gasteiger partial charge on any atom is -0.488 e. The van der Waals surface area contributed by atoms with Crippen molar-refractivity contribution in [1.29, 1.82) is 0 Å². The number of aliphatic carboxylic acids is 1. The molecule has 10 nitrogen and oxygen atoms in total. The Hall–Kier alpha value is -3.47. The van der Waals surface area contributed by atoms with E-state index in [4.69, 9.17) is 4.74 Å². The summed E-state index contributed by atoms with van der Waals surface area (Å²) in [5.41, 5.74) is 3.64. The molecule has 2 saturated heterocycles. The second-order valence-electron chi connectivity index (χ2n) is 11.6. The third-order valence-corrected chi connectivity index (χ3v) is 9.87. The summed E-state index contributed by atoms with van der Waals surface area (Å²) in [4.78, 5) is 61.8. The quantitative estimate of drug-likeness (QED) is 0.533. The van der Waals surface area contributed by atoms with Gasteiger partial charge in [0.15, 0.2) is 0 Å². The molecule has 2 aromatic rings. The highest BCUT2D eigenvalue weighted by Crippen LogP contribution is 2.41. The minimum absolute atomic E-state index is 0.0450. The Labute approximate surface area is 243 Å². The molecule has 0 bridgehead atoms. The first-order valence-electron chi connectivity index (χ1n) is 14.7. The van der Waals surface area contributed by atoms with Crippen molar-refractivity contribution in [2.75, 3.05) is 32.7 Å². The van der Waals surface area contributed by atoms with E-state index < -0.39 is 23.8 Å². The maximum absolute atomic E-state index is 14.1. The standard InChI is InChI=1S/C30H36N4O6S/c35-26-9-4-12-32(26)17-23-27-19(10-14-34(23)28(36)21-6-1-2-7-22(21)30(38)39)5-3-8-24(27)40-20-11-13-33(16-20)29(37)25-15-31-18-41-25/h3,5,8,15,18,20-23H,1-2,4,6-7,9-14,16-17H2,(H,38,39)/t20-,21+,22-,23+/m0/s1. The number of thiazole rings is 1. The zero-order chi connectivity index (χ0) is 28.5. The topological polar surface area (TPSA) is 120 Å². The van der Waals surface area contributed by atoms with Crippen molar-refractivity contribution >= 4 is 35.0 Å². The highest BCUT2D eigenvalue weighted by molar-refractivity contribution is 7.11. The van der Waals surface area contributed by atoms with Crippen molar-refractivity contribution < 1.29 is 29.0 Å². The number of carbonyl (C=O) groups is 4. The van der Waals surface area contributed by atoms with Crippen molar-refractivity contribution in [3.8, 4) is 5.75 Å². The van der Waals surface area contributed by atoms with Gasteiger partial charge in [0.25, 0.3) is 5.91 Å². The molecule has 4 atom stereocenters. The molecule has 3 fully saturated rings. The van der Waals surface area contributed by atoms with Crippen LogP contribution >= 0.6 is 11.3 Å². The van der Waals surface area contributed by atoms with Crippen molar-refractivity contribution in [2.45, 2.75) is 63.5 Å². The predicted octanol–water partition coefficient (Wildman–Crippen LogP) is 3.38. The Morgan fingerprint density at radius 2 is 1.85 bits per heavy atom. The van der Waals surface area contributed by atoms with Gasteiger partial charge < -0.3 is 24.5 Å². The van der Waals surface area contributed by atoms with Crippen molar-refractivity contribution in [2.24, 2.45) is 11.8 Å². The van der Waals surface area contributed by atoms with Gasteiger partial charge in [-0.1, -0.05) is 25.0 Å². The molecule has 1 aliphatic carbocycles. The van der Waals surface area contributed by atoms with Gasteiger partial charge in [0, 0.05) is 44.6 Å². The summed E-state index contributed by atoms with van der Waals surface area (Å²) < 4.78 is 6.58. The summed E-state index contributed by atoms with van der Waals surface area (Å²) in [7, 11) is 0. The van der Waals surface area contributed by atoms with Gasteiger partial charge in [-0.15, -0.1) is 11.3 Å². The van der Waals surface area contributed by atoms with E-state index in [1.807, 2.05) is 21.9 Å². The number of nitrogens with zero attached hydrogens (tertiary/aromatic N) is 4. The van der Waals surface area contributed by atoms with E-state index in [0.717, 1.165) is 30.4 Å². The second-order valence-corrected chi connectivity index (χ2v) is 12.4. The summed E-state index contributed by atoms with van der Waals surface area (Å²) in [6.07, 6.45) is 6.74. The van der Waals surface area contributed by atoms with E-state index in [1.165, 1.54) is 11.3 Å². The zero-order valence-corrected chi connectivity index (χ0v) is 23.9. The molecule has 1 aromatic heterocycles. The Kier molecular flexibility index (Phi) is 7.96. The summed E-state index contributed by atoms with van der Waals surface area (Å²) in [5, 5.41) is 9.89. The Bertz CT molecular complexity index is 1320. The molecule has 4 heterocycles. The highest BCUT2D eigenvalue weighted by atomic mass is 32.1. The molecular weight excluding hydrogens is 544 g/mol. The summed E-state index contributed by atoms with van der Waals surface area (Å²) >= 11 is 1.32. The number of rotatable bonds is 7. The molecule has 1 aromatic carbocycles. The van der Waals surface area contributed by atoms with Gasteiger partial charge in [-0.2, -0.15) is 0 Å². The normalized spacial score (nSPS) is 26.2. The number of fused-ring (bicyclic) bond motifs is 1. The van der Waals surface area contributed by atoms with Crippen LogP contribution in [-0.4, -0.2) is 87.3 Å². The van der Waals surface area contributed by atoms with E-state index in [1.54, 1.807) is 16.6 Å². The van der Waals surface area contributed by atoms with Crippen LogP contribution in [-0.2, 0) is 20.8 Å². The highest BCUT2D eigenvalue weighted by Gasteiger charge is 2.43. The fourth-order valence-corrected chi connectivity index (χ4v) is 7.59. The molecule has 1 saturated carbocycles. The average Bonchev–Trinajstić information content (AvgIpc) is 3.76. The first kappa shape index (κ1) is 27.7. The number of carboxylic acid groups (broad SMARTS) is 1. The zero-order valence-electron chi connectivity index (χ0n) is 23.1. The number of hydrogen-bond donors (Lipinski definition) is 1.